The van der Waals surface area contributed by atoms with Crippen LogP contribution in [0.4, 0.5) is 0 Å². The Bertz CT molecular complexity index is 639. The van der Waals surface area contributed by atoms with Crippen LogP contribution in [0, 0.1) is 15.5 Å². The second kappa shape index (κ2) is 4.87. The lowest BCUT2D eigenvalue weighted by Gasteiger charge is -2.39. The molecule has 6 heteroatoms. The van der Waals surface area contributed by atoms with Crippen molar-refractivity contribution in [3.63, 3.8) is 0 Å². The van der Waals surface area contributed by atoms with Crippen molar-refractivity contribution in [1.29, 1.82) is 0 Å². The second-order valence-electron chi connectivity index (χ2n) is 5.28. The number of esters is 1. The van der Waals surface area contributed by atoms with Crippen LogP contribution in [0.3, 0.4) is 0 Å². The quantitative estimate of drug-likeness (QED) is 0.484. The molecule has 21 heavy (non-hydrogen) atoms. The molecular weight excluding hydrogens is 274 g/mol. The molecule has 0 N–H and O–H groups in total. The SMILES string of the molecule is COC(=O)[C@]12CCC=C1Oc1ccccc1[C@H]2C[N+](=O)[O-]. The number of fused-ring (bicyclic) bond motifs is 2. The van der Waals surface area contributed by atoms with Crippen molar-refractivity contribution < 1.29 is 19.2 Å². The zero-order valence-electron chi connectivity index (χ0n) is 11.6. The first-order chi connectivity index (χ1) is 10.1. The van der Waals surface area contributed by atoms with E-state index in [0.717, 1.165) is 0 Å². The molecule has 0 spiro atoms. The maximum atomic E-state index is 12.4. The predicted octanol–water partition coefficient (Wildman–Crippen LogP) is 2.28. The van der Waals surface area contributed by atoms with Gasteiger partial charge in [0.25, 0.3) is 0 Å². The first kappa shape index (κ1) is 13.6. The highest BCUT2D eigenvalue weighted by Crippen LogP contribution is 2.56. The summed E-state index contributed by atoms with van der Waals surface area (Å²) in [6, 6.07) is 7.15. The molecule has 0 aromatic heterocycles. The van der Waals surface area contributed by atoms with Crippen molar-refractivity contribution >= 4 is 5.97 Å². The zero-order chi connectivity index (χ0) is 15.0. The summed E-state index contributed by atoms with van der Waals surface area (Å²) in [6.45, 7) is -0.327. The zero-order valence-corrected chi connectivity index (χ0v) is 11.6. The maximum absolute atomic E-state index is 12.4. The minimum absolute atomic E-state index is 0.327. The highest BCUT2D eigenvalue weighted by Gasteiger charge is 2.58. The topological polar surface area (TPSA) is 78.7 Å². The molecule has 6 nitrogen and oxygen atoms in total. The molecule has 110 valence electrons. The molecule has 1 aromatic carbocycles. The van der Waals surface area contributed by atoms with E-state index < -0.39 is 17.3 Å². The maximum Gasteiger partial charge on any atom is 0.320 e. The van der Waals surface area contributed by atoms with E-state index in [1.165, 1.54) is 7.11 Å². The second-order valence-corrected chi connectivity index (χ2v) is 5.28. The number of benzene rings is 1. The molecule has 0 saturated heterocycles. The number of rotatable bonds is 3. The van der Waals surface area contributed by atoms with Gasteiger partial charge in [0.2, 0.25) is 6.54 Å². The standard InChI is InChI=1S/C15H15NO5/c1-20-14(17)15-8-4-7-13(15)21-12-6-3-2-5-10(12)11(15)9-16(18)19/h2-3,5-7,11H,4,8-9H2,1H3/t11-,15+/m1/s1. The van der Waals surface area contributed by atoms with Crippen LogP contribution >= 0.6 is 0 Å². The van der Waals surface area contributed by atoms with Gasteiger partial charge in [0.05, 0.1) is 13.0 Å². The molecule has 0 bridgehead atoms. The van der Waals surface area contributed by atoms with Gasteiger partial charge in [0, 0.05) is 10.5 Å². The lowest BCUT2D eigenvalue weighted by molar-refractivity contribution is -0.486. The molecule has 0 radical (unpaired) electrons. The third kappa shape index (κ3) is 1.90. The summed E-state index contributed by atoms with van der Waals surface area (Å²) in [4.78, 5) is 23.1. The minimum atomic E-state index is -1.07. The van der Waals surface area contributed by atoms with Gasteiger partial charge in [-0.15, -0.1) is 0 Å². The Balaban J connectivity index is 2.18. The summed E-state index contributed by atoms with van der Waals surface area (Å²) < 4.78 is 10.8. The number of methoxy groups -OCH3 is 1. The number of carbonyl (C=O) groups excluding carboxylic acids is 1. The van der Waals surface area contributed by atoms with Crippen molar-refractivity contribution in [2.24, 2.45) is 5.41 Å². The van der Waals surface area contributed by atoms with Crippen LogP contribution in [0.5, 0.6) is 5.75 Å². The molecular formula is C15H15NO5. The molecule has 1 aliphatic carbocycles. The molecule has 0 saturated carbocycles. The smallest absolute Gasteiger partial charge is 0.320 e. The fourth-order valence-corrected chi connectivity index (χ4v) is 3.39. The molecule has 0 fully saturated rings. The number of hydrogen-bond acceptors (Lipinski definition) is 5. The number of ether oxygens (including phenoxy) is 2. The van der Waals surface area contributed by atoms with Crippen molar-refractivity contribution in [2.45, 2.75) is 18.8 Å². The van der Waals surface area contributed by atoms with Crippen molar-refractivity contribution in [3.8, 4) is 5.75 Å². The lowest BCUT2D eigenvalue weighted by Crippen LogP contribution is -2.45. The van der Waals surface area contributed by atoms with Gasteiger partial charge in [-0.3, -0.25) is 14.9 Å². The van der Waals surface area contributed by atoms with Gasteiger partial charge in [0.15, 0.2) is 0 Å². The molecule has 1 aromatic rings. The average molecular weight is 289 g/mol. The summed E-state index contributed by atoms with van der Waals surface area (Å²) in [5.41, 5.74) is -0.380. The van der Waals surface area contributed by atoms with Gasteiger partial charge in [-0.2, -0.15) is 0 Å². The van der Waals surface area contributed by atoms with Crippen LogP contribution < -0.4 is 4.74 Å². The molecule has 0 unspecified atom stereocenters. The van der Waals surface area contributed by atoms with Crippen LogP contribution in [-0.2, 0) is 9.53 Å². The Hall–Kier alpha value is -2.37. The summed E-state index contributed by atoms with van der Waals surface area (Å²) in [6.07, 6.45) is 2.95. The van der Waals surface area contributed by atoms with Gasteiger partial charge < -0.3 is 9.47 Å². The highest BCUT2D eigenvalue weighted by molar-refractivity contribution is 5.83. The van der Waals surface area contributed by atoms with Crippen LogP contribution in [0.15, 0.2) is 36.1 Å². The third-order valence-corrected chi connectivity index (χ3v) is 4.30. The number of nitro groups is 1. The van der Waals surface area contributed by atoms with Crippen LogP contribution in [-0.4, -0.2) is 24.5 Å². The van der Waals surface area contributed by atoms with Gasteiger partial charge in [0.1, 0.15) is 16.9 Å². The van der Waals surface area contributed by atoms with E-state index in [2.05, 4.69) is 0 Å². The molecule has 2 atom stereocenters. The summed E-state index contributed by atoms with van der Waals surface area (Å²) >= 11 is 0. The molecule has 2 aliphatic rings. The number of allylic oxidation sites excluding steroid dienone is 1. The normalized spacial score (nSPS) is 26.1. The Morgan fingerprint density at radius 2 is 2.29 bits per heavy atom. The summed E-state index contributed by atoms with van der Waals surface area (Å²) in [5, 5.41) is 11.1. The van der Waals surface area contributed by atoms with Gasteiger partial charge in [-0.05, 0) is 25.0 Å². The van der Waals surface area contributed by atoms with Crippen molar-refractivity contribution in [3.05, 3.63) is 51.8 Å². The van der Waals surface area contributed by atoms with E-state index in [1.54, 1.807) is 18.2 Å². The van der Waals surface area contributed by atoms with Crippen LogP contribution in [0.1, 0.15) is 24.3 Å². The van der Waals surface area contributed by atoms with Gasteiger partial charge in [-0.25, -0.2) is 0 Å². The molecule has 0 amide bonds. The first-order valence-electron chi connectivity index (χ1n) is 6.77. The fourth-order valence-electron chi connectivity index (χ4n) is 3.39. The van der Waals surface area contributed by atoms with Crippen molar-refractivity contribution in [1.82, 2.24) is 0 Å². The minimum Gasteiger partial charge on any atom is -0.468 e. The van der Waals surface area contributed by atoms with Gasteiger partial charge in [-0.1, -0.05) is 18.2 Å². The number of hydrogen-bond donors (Lipinski definition) is 0. The van der Waals surface area contributed by atoms with E-state index in [4.69, 9.17) is 9.47 Å². The van der Waals surface area contributed by atoms with E-state index in [0.29, 0.717) is 29.9 Å². The summed E-state index contributed by atoms with van der Waals surface area (Å²) in [7, 11) is 1.30. The Morgan fingerprint density at radius 1 is 1.52 bits per heavy atom. The number of carbonyl (C=O) groups is 1. The summed E-state index contributed by atoms with van der Waals surface area (Å²) in [5.74, 6) is 0.0307. The number of para-hydroxylation sites is 1. The predicted molar refractivity (Wildman–Crippen MR) is 73.4 cm³/mol. The monoisotopic (exact) mass is 289 g/mol. The molecule has 1 aliphatic heterocycles. The average Bonchev–Trinajstić information content (AvgIpc) is 2.90. The van der Waals surface area contributed by atoms with E-state index in [-0.39, 0.29) is 11.5 Å². The fraction of sp³-hybridized carbons (Fsp3) is 0.400. The van der Waals surface area contributed by atoms with Gasteiger partial charge >= 0.3 is 5.97 Å². The van der Waals surface area contributed by atoms with E-state index in [1.807, 2.05) is 12.1 Å². The van der Waals surface area contributed by atoms with Crippen LogP contribution in [0.25, 0.3) is 0 Å². The Labute approximate surface area is 121 Å². The molecule has 1 heterocycles. The van der Waals surface area contributed by atoms with Crippen LogP contribution in [0.2, 0.25) is 0 Å². The molecule has 3 rings (SSSR count). The van der Waals surface area contributed by atoms with E-state index >= 15 is 0 Å². The van der Waals surface area contributed by atoms with Crippen molar-refractivity contribution in [2.75, 3.05) is 13.7 Å². The van der Waals surface area contributed by atoms with E-state index in [9.17, 15) is 14.9 Å². The lowest BCUT2D eigenvalue weighted by atomic mass is 9.68. The Kier molecular flexibility index (Phi) is 3.16. The third-order valence-electron chi connectivity index (χ3n) is 4.30. The Morgan fingerprint density at radius 3 is 3.00 bits per heavy atom. The highest BCUT2D eigenvalue weighted by atomic mass is 16.6. The first-order valence-corrected chi connectivity index (χ1v) is 6.77. The largest absolute Gasteiger partial charge is 0.468 e. The number of nitrogens with zero attached hydrogens (tertiary/aromatic N) is 1.